The van der Waals surface area contributed by atoms with Crippen LogP contribution in [0.5, 0.6) is 5.75 Å². The first-order valence-corrected chi connectivity index (χ1v) is 8.93. The van der Waals surface area contributed by atoms with Gasteiger partial charge in [0, 0.05) is 22.8 Å². The second-order valence-corrected chi connectivity index (χ2v) is 6.55. The lowest BCUT2D eigenvalue weighted by Crippen LogP contribution is -2.20. The third kappa shape index (κ3) is 3.98. The number of aromatic nitrogens is 3. The zero-order chi connectivity index (χ0) is 19.6. The number of halogens is 1. The van der Waals surface area contributed by atoms with E-state index in [1.807, 2.05) is 31.4 Å². The maximum atomic E-state index is 12.6. The highest BCUT2D eigenvalue weighted by Crippen LogP contribution is 2.29. The Labute approximate surface area is 162 Å². The Morgan fingerprint density at radius 2 is 2.07 bits per heavy atom. The second kappa shape index (κ2) is 7.84. The van der Waals surface area contributed by atoms with Crippen LogP contribution in [0.2, 0.25) is 5.02 Å². The lowest BCUT2D eigenvalue weighted by Gasteiger charge is -2.13. The minimum atomic E-state index is -0.191. The van der Waals surface area contributed by atoms with Crippen molar-refractivity contribution in [3.63, 3.8) is 0 Å². The van der Waals surface area contributed by atoms with Gasteiger partial charge in [-0.25, -0.2) is 0 Å². The summed E-state index contributed by atoms with van der Waals surface area (Å²) in [6, 6.07) is 7.01. The smallest absolute Gasteiger partial charge is 0.249 e. The Hall–Kier alpha value is -2.80. The van der Waals surface area contributed by atoms with Gasteiger partial charge in [0.2, 0.25) is 17.7 Å². The molecule has 1 N–H and O–H groups in total. The molecule has 0 atom stereocenters. The number of carbonyl (C=O) groups excluding carboxylic acids is 1. The van der Waals surface area contributed by atoms with Crippen LogP contribution in [-0.4, -0.2) is 27.8 Å². The number of nitrogens with zero attached hydrogens (tertiary/aromatic N) is 3. The summed E-state index contributed by atoms with van der Waals surface area (Å²) in [5.74, 6) is 1.40. The topological polar surface area (TPSA) is 82.2 Å². The number of nitrogens with one attached hydrogen (secondary N) is 1. The Morgan fingerprint density at radius 1 is 1.30 bits per heavy atom. The molecule has 7 nitrogen and oxygen atoms in total. The summed E-state index contributed by atoms with van der Waals surface area (Å²) >= 11 is 6.02. The standard InChI is InChI=1S/C19H21ClN4O3/c1-5-18-22-23-19(27-18)14-8-11(2)24(12(14)3)10-17(25)21-15-9-13(20)6-7-16(15)26-4/h6-9H,5,10H2,1-4H3,(H,21,25). The van der Waals surface area contributed by atoms with Crippen LogP contribution in [0.25, 0.3) is 11.5 Å². The van der Waals surface area contributed by atoms with Crippen LogP contribution in [0.3, 0.4) is 0 Å². The van der Waals surface area contributed by atoms with Gasteiger partial charge in [-0.2, -0.15) is 0 Å². The lowest BCUT2D eigenvalue weighted by atomic mass is 10.2. The molecule has 1 amide bonds. The van der Waals surface area contributed by atoms with Gasteiger partial charge in [-0.3, -0.25) is 4.79 Å². The van der Waals surface area contributed by atoms with Gasteiger partial charge in [0.25, 0.3) is 0 Å². The van der Waals surface area contributed by atoms with E-state index in [9.17, 15) is 4.79 Å². The molecule has 0 aliphatic heterocycles. The van der Waals surface area contributed by atoms with E-state index in [-0.39, 0.29) is 12.5 Å². The molecule has 3 rings (SSSR count). The largest absolute Gasteiger partial charge is 0.495 e. The summed E-state index contributed by atoms with van der Waals surface area (Å²) < 4.78 is 12.8. The van der Waals surface area contributed by atoms with Crippen molar-refractivity contribution in [2.45, 2.75) is 33.7 Å². The van der Waals surface area contributed by atoms with Gasteiger partial charge in [-0.05, 0) is 38.1 Å². The molecule has 0 aliphatic rings. The fourth-order valence-corrected chi connectivity index (χ4v) is 3.05. The lowest BCUT2D eigenvalue weighted by molar-refractivity contribution is -0.116. The molecule has 142 valence electrons. The van der Waals surface area contributed by atoms with Crippen LogP contribution in [0.4, 0.5) is 5.69 Å². The SMILES string of the molecule is CCc1nnc(-c2cc(C)n(CC(=O)Nc3cc(Cl)ccc3OC)c2C)o1. The fraction of sp³-hybridized carbons (Fsp3) is 0.316. The first-order chi connectivity index (χ1) is 12.9. The summed E-state index contributed by atoms with van der Waals surface area (Å²) in [4.78, 5) is 12.6. The number of ether oxygens (including phenoxy) is 1. The first kappa shape index (κ1) is 19.0. The van der Waals surface area contributed by atoms with E-state index in [1.54, 1.807) is 25.3 Å². The maximum absolute atomic E-state index is 12.6. The average Bonchev–Trinajstić information content (AvgIpc) is 3.22. The molecule has 27 heavy (non-hydrogen) atoms. The van der Waals surface area contributed by atoms with Gasteiger partial charge >= 0.3 is 0 Å². The fourth-order valence-electron chi connectivity index (χ4n) is 2.88. The van der Waals surface area contributed by atoms with Crippen LogP contribution >= 0.6 is 11.6 Å². The summed E-state index contributed by atoms with van der Waals surface area (Å²) in [7, 11) is 1.54. The molecule has 0 radical (unpaired) electrons. The summed E-state index contributed by atoms with van der Waals surface area (Å²) in [5, 5.41) is 11.5. The summed E-state index contributed by atoms with van der Waals surface area (Å²) in [6.45, 7) is 5.95. The van der Waals surface area contributed by atoms with Gasteiger partial charge in [0.05, 0.1) is 18.4 Å². The summed E-state index contributed by atoms with van der Waals surface area (Å²) in [6.07, 6.45) is 0.676. The molecule has 2 heterocycles. The number of rotatable bonds is 6. The van der Waals surface area contributed by atoms with E-state index >= 15 is 0 Å². The van der Waals surface area contributed by atoms with Gasteiger partial charge in [-0.15, -0.1) is 10.2 Å². The number of hydrogen-bond donors (Lipinski definition) is 1. The van der Waals surface area contributed by atoms with Crippen molar-refractivity contribution in [3.05, 3.63) is 46.6 Å². The second-order valence-electron chi connectivity index (χ2n) is 6.12. The highest BCUT2D eigenvalue weighted by molar-refractivity contribution is 6.31. The van der Waals surface area contributed by atoms with Crippen molar-refractivity contribution in [1.82, 2.24) is 14.8 Å². The quantitative estimate of drug-likeness (QED) is 0.689. The Bertz CT molecular complexity index is 977. The number of benzene rings is 1. The Morgan fingerprint density at radius 3 is 2.74 bits per heavy atom. The van der Waals surface area contributed by atoms with Crippen LogP contribution in [0.15, 0.2) is 28.7 Å². The van der Waals surface area contributed by atoms with Crippen LogP contribution in [-0.2, 0) is 17.8 Å². The minimum absolute atomic E-state index is 0.141. The van der Waals surface area contributed by atoms with Crippen molar-refractivity contribution >= 4 is 23.2 Å². The van der Waals surface area contributed by atoms with Gasteiger partial charge < -0.3 is 19.0 Å². The number of carbonyl (C=O) groups is 1. The maximum Gasteiger partial charge on any atom is 0.249 e. The zero-order valence-electron chi connectivity index (χ0n) is 15.7. The van der Waals surface area contributed by atoms with Crippen LogP contribution < -0.4 is 10.1 Å². The Kier molecular flexibility index (Phi) is 5.51. The highest BCUT2D eigenvalue weighted by atomic mass is 35.5. The van der Waals surface area contributed by atoms with Crippen LogP contribution in [0, 0.1) is 13.8 Å². The van der Waals surface area contributed by atoms with E-state index in [4.69, 9.17) is 20.8 Å². The molecule has 2 aromatic heterocycles. The van der Waals surface area contributed by atoms with E-state index in [2.05, 4.69) is 15.5 Å². The van der Waals surface area contributed by atoms with Crippen molar-refractivity contribution in [3.8, 4) is 17.2 Å². The van der Waals surface area contributed by atoms with Crippen molar-refractivity contribution in [2.75, 3.05) is 12.4 Å². The average molecular weight is 389 g/mol. The van der Waals surface area contributed by atoms with Gasteiger partial charge in [0.15, 0.2) is 0 Å². The van der Waals surface area contributed by atoms with E-state index < -0.39 is 0 Å². The summed E-state index contributed by atoms with van der Waals surface area (Å²) in [5.41, 5.74) is 3.16. The third-order valence-electron chi connectivity index (χ3n) is 4.31. The van der Waals surface area contributed by atoms with E-state index in [1.165, 1.54) is 0 Å². The number of hydrogen-bond acceptors (Lipinski definition) is 5. The van der Waals surface area contributed by atoms with Crippen molar-refractivity contribution < 1.29 is 13.9 Å². The molecule has 0 saturated heterocycles. The molecule has 0 fully saturated rings. The third-order valence-corrected chi connectivity index (χ3v) is 4.55. The predicted molar refractivity (Wildman–Crippen MR) is 103 cm³/mol. The molecule has 0 aliphatic carbocycles. The number of amides is 1. The van der Waals surface area contributed by atoms with E-state index in [0.717, 1.165) is 17.0 Å². The van der Waals surface area contributed by atoms with E-state index in [0.29, 0.717) is 34.7 Å². The van der Waals surface area contributed by atoms with Gasteiger partial charge in [-0.1, -0.05) is 18.5 Å². The van der Waals surface area contributed by atoms with Gasteiger partial charge in [0.1, 0.15) is 12.3 Å². The number of anilines is 1. The molecule has 1 aromatic carbocycles. The zero-order valence-corrected chi connectivity index (χ0v) is 16.4. The van der Waals surface area contributed by atoms with Crippen molar-refractivity contribution in [2.24, 2.45) is 0 Å². The normalized spacial score (nSPS) is 10.9. The minimum Gasteiger partial charge on any atom is -0.495 e. The first-order valence-electron chi connectivity index (χ1n) is 8.55. The van der Waals surface area contributed by atoms with Crippen molar-refractivity contribution in [1.29, 1.82) is 0 Å². The molecule has 0 unspecified atom stereocenters. The number of methoxy groups -OCH3 is 1. The predicted octanol–water partition coefficient (Wildman–Crippen LogP) is 4.02. The molecular weight excluding hydrogens is 368 g/mol. The molecule has 3 aromatic rings. The van der Waals surface area contributed by atoms with Crippen LogP contribution in [0.1, 0.15) is 24.2 Å². The highest BCUT2D eigenvalue weighted by Gasteiger charge is 2.18. The molecular formula is C19H21ClN4O3. The monoisotopic (exact) mass is 388 g/mol. The molecule has 0 saturated carbocycles. The molecule has 8 heteroatoms. The Balaban J connectivity index is 1.82. The number of aryl methyl sites for hydroxylation is 2. The molecule has 0 spiro atoms. The molecule has 0 bridgehead atoms.